The first kappa shape index (κ1) is 19.3. The van der Waals surface area contributed by atoms with E-state index in [4.69, 9.17) is 9.47 Å². The molecule has 0 bridgehead atoms. The van der Waals surface area contributed by atoms with Crippen molar-refractivity contribution in [3.05, 3.63) is 24.0 Å². The third-order valence-corrected chi connectivity index (χ3v) is 4.34. The lowest BCUT2D eigenvalue weighted by Gasteiger charge is -2.12. The van der Waals surface area contributed by atoms with Crippen LogP contribution in [0.4, 0.5) is 4.39 Å². The van der Waals surface area contributed by atoms with Gasteiger partial charge in [-0.25, -0.2) is 17.5 Å². The van der Waals surface area contributed by atoms with Crippen LogP contribution in [0.5, 0.6) is 5.75 Å². The molecule has 0 spiro atoms. The minimum atomic E-state index is -3.80. The van der Waals surface area contributed by atoms with Crippen molar-refractivity contribution in [1.29, 1.82) is 0 Å². The molecule has 130 valence electrons. The summed E-state index contributed by atoms with van der Waals surface area (Å²) in [5.41, 5.74) is 0. The van der Waals surface area contributed by atoms with Gasteiger partial charge >= 0.3 is 0 Å². The zero-order chi connectivity index (χ0) is 17.5. The quantitative estimate of drug-likeness (QED) is 0.661. The van der Waals surface area contributed by atoms with E-state index in [0.29, 0.717) is 13.0 Å². The molecule has 23 heavy (non-hydrogen) atoms. The summed E-state index contributed by atoms with van der Waals surface area (Å²) in [6.07, 6.45) is 0.506. The number of methoxy groups -OCH3 is 1. The van der Waals surface area contributed by atoms with Crippen LogP contribution >= 0.6 is 0 Å². The Labute approximate surface area is 135 Å². The second-order valence-corrected chi connectivity index (χ2v) is 6.68. The highest BCUT2D eigenvalue weighted by atomic mass is 32.2. The Hall–Kier alpha value is -1.71. The number of nitrogens with one attached hydrogen (secondary N) is 1. The van der Waals surface area contributed by atoms with Crippen LogP contribution in [0, 0.1) is 5.82 Å². The summed E-state index contributed by atoms with van der Waals surface area (Å²) in [4.78, 5) is 12.5. The highest BCUT2D eigenvalue weighted by Crippen LogP contribution is 2.21. The van der Waals surface area contributed by atoms with E-state index in [2.05, 4.69) is 4.72 Å². The lowest BCUT2D eigenvalue weighted by molar-refractivity contribution is -0.130. The molecule has 0 aliphatic carbocycles. The summed E-state index contributed by atoms with van der Waals surface area (Å²) in [7, 11) is 0.814. The van der Waals surface area contributed by atoms with Gasteiger partial charge in [-0.15, -0.1) is 0 Å². The second kappa shape index (κ2) is 8.80. The fraction of sp³-hybridized carbons (Fsp3) is 0.500. The van der Waals surface area contributed by atoms with Crippen LogP contribution in [0.3, 0.4) is 0 Å². The number of carbonyl (C=O) groups excluding carboxylic acids is 1. The monoisotopic (exact) mass is 348 g/mol. The predicted molar refractivity (Wildman–Crippen MR) is 82.3 cm³/mol. The van der Waals surface area contributed by atoms with Crippen LogP contribution in [0.2, 0.25) is 0 Å². The highest BCUT2D eigenvalue weighted by molar-refractivity contribution is 7.89. The number of benzene rings is 1. The number of sulfonamides is 1. The number of hydrogen-bond donors (Lipinski definition) is 1. The smallest absolute Gasteiger partial charge is 0.259 e. The van der Waals surface area contributed by atoms with E-state index < -0.39 is 15.8 Å². The highest BCUT2D eigenvalue weighted by Gasteiger charge is 2.17. The number of halogens is 1. The summed E-state index contributed by atoms with van der Waals surface area (Å²) < 4.78 is 50.1. The standard InChI is InChI=1S/C14H21FN2O5S/c1-17(2)14(18)10-22-13-6-5-11(9-12(13)15)23(19,20)16-7-4-8-21-3/h5-6,9,16H,4,7-8,10H2,1-3H3. The van der Waals surface area contributed by atoms with Crippen molar-refractivity contribution in [2.24, 2.45) is 0 Å². The molecular weight excluding hydrogens is 327 g/mol. The zero-order valence-electron chi connectivity index (χ0n) is 13.3. The van der Waals surface area contributed by atoms with Gasteiger partial charge in [-0.3, -0.25) is 4.79 Å². The molecule has 0 heterocycles. The minimum Gasteiger partial charge on any atom is -0.481 e. The lowest BCUT2D eigenvalue weighted by Crippen LogP contribution is -2.28. The molecule has 9 heteroatoms. The predicted octanol–water partition coefficient (Wildman–Crippen LogP) is 0.607. The van der Waals surface area contributed by atoms with Crippen LogP contribution in [-0.4, -0.2) is 60.2 Å². The van der Waals surface area contributed by atoms with Crippen LogP contribution in [0.15, 0.2) is 23.1 Å². The maximum atomic E-state index is 13.9. The molecule has 0 aliphatic heterocycles. The molecule has 1 rings (SSSR count). The number of ether oxygens (including phenoxy) is 2. The molecule has 0 radical (unpaired) electrons. The van der Waals surface area contributed by atoms with E-state index in [1.807, 2.05) is 0 Å². The fourth-order valence-corrected chi connectivity index (χ4v) is 2.63. The molecule has 1 amide bonds. The van der Waals surface area contributed by atoms with E-state index in [-0.39, 0.29) is 29.7 Å². The molecule has 1 N–H and O–H groups in total. The normalized spacial score (nSPS) is 11.3. The van der Waals surface area contributed by atoms with Crippen molar-refractivity contribution in [1.82, 2.24) is 9.62 Å². The first-order valence-electron chi connectivity index (χ1n) is 6.89. The van der Waals surface area contributed by atoms with E-state index in [1.165, 1.54) is 24.1 Å². The molecule has 7 nitrogen and oxygen atoms in total. The number of carbonyl (C=O) groups is 1. The number of likely N-dealkylation sites (N-methyl/N-ethyl adjacent to an activating group) is 1. The van der Waals surface area contributed by atoms with Gasteiger partial charge in [0.2, 0.25) is 10.0 Å². The van der Waals surface area contributed by atoms with E-state index in [9.17, 15) is 17.6 Å². The number of rotatable bonds is 9. The average molecular weight is 348 g/mol. The first-order valence-corrected chi connectivity index (χ1v) is 8.37. The van der Waals surface area contributed by atoms with Crippen LogP contribution in [0.1, 0.15) is 6.42 Å². The Bertz CT molecular complexity index is 634. The first-order chi connectivity index (χ1) is 10.8. The maximum Gasteiger partial charge on any atom is 0.259 e. The summed E-state index contributed by atoms with van der Waals surface area (Å²) in [6.45, 7) is 0.280. The Kier molecular flexibility index (Phi) is 7.40. The minimum absolute atomic E-state index is 0.182. The van der Waals surface area contributed by atoms with Crippen LogP contribution in [-0.2, 0) is 19.6 Å². The molecule has 0 aliphatic rings. The van der Waals surface area contributed by atoms with E-state index in [0.717, 1.165) is 6.07 Å². The van der Waals surface area contributed by atoms with Gasteiger partial charge in [-0.1, -0.05) is 0 Å². The van der Waals surface area contributed by atoms with Gasteiger partial charge in [0, 0.05) is 34.4 Å². The van der Waals surface area contributed by atoms with Crippen molar-refractivity contribution in [3.8, 4) is 5.75 Å². The summed E-state index contributed by atoms with van der Waals surface area (Å²) >= 11 is 0. The molecule has 0 atom stereocenters. The summed E-state index contributed by atoms with van der Waals surface area (Å²) in [5.74, 6) is -1.37. The average Bonchev–Trinajstić information content (AvgIpc) is 2.49. The topological polar surface area (TPSA) is 84.9 Å². The summed E-state index contributed by atoms with van der Waals surface area (Å²) in [5, 5.41) is 0. The molecular formula is C14H21FN2O5S. The molecule has 0 saturated heterocycles. The van der Waals surface area contributed by atoms with Crippen molar-refractivity contribution >= 4 is 15.9 Å². The number of nitrogens with zero attached hydrogens (tertiary/aromatic N) is 1. The van der Waals surface area contributed by atoms with Crippen LogP contribution < -0.4 is 9.46 Å². The van der Waals surface area contributed by atoms with Gasteiger partial charge in [0.15, 0.2) is 18.2 Å². The maximum absolute atomic E-state index is 13.9. The summed E-state index contributed by atoms with van der Waals surface area (Å²) in [6, 6.07) is 3.26. The zero-order valence-corrected chi connectivity index (χ0v) is 14.2. The Morgan fingerprint density at radius 3 is 2.61 bits per heavy atom. The number of amides is 1. The molecule has 0 saturated carbocycles. The Morgan fingerprint density at radius 2 is 2.04 bits per heavy atom. The van der Waals surface area contributed by atoms with Gasteiger partial charge in [0.05, 0.1) is 4.90 Å². The Balaban J connectivity index is 2.73. The van der Waals surface area contributed by atoms with Gasteiger partial charge in [0.25, 0.3) is 5.91 Å². The lowest BCUT2D eigenvalue weighted by atomic mass is 10.3. The van der Waals surface area contributed by atoms with Crippen molar-refractivity contribution in [2.45, 2.75) is 11.3 Å². The van der Waals surface area contributed by atoms with Crippen molar-refractivity contribution in [2.75, 3.05) is 41.0 Å². The SMILES string of the molecule is COCCCNS(=O)(=O)c1ccc(OCC(=O)N(C)C)c(F)c1. The number of hydrogen-bond acceptors (Lipinski definition) is 5. The molecule has 0 unspecified atom stereocenters. The van der Waals surface area contributed by atoms with Gasteiger partial charge in [0.1, 0.15) is 0 Å². The third-order valence-electron chi connectivity index (χ3n) is 2.88. The molecule has 1 aromatic rings. The van der Waals surface area contributed by atoms with E-state index >= 15 is 0 Å². The largest absolute Gasteiger partial charge is 0.481 e. The molecule has 0 fully saturated rings. The Morgan fingerprint density at radius 1 is 1.35 bits per heavy atom. The van der Waals surface area contributed by atoms with Crippen LogP contribution in [0.25, 0.3) is 0 Å². The van der Waals surface area contributed by atoms with E-state index in [1.54, 1.807) is 14.1 Å². The van der Waals surface area contributed by atoms with Crippen molar-refractivity contribution in [3.63, 3.8) is 0 Å². The van der Waals surface area contributed by atoms with Gasteiger partial charge < -0.3 is 14.4 Å². The van der Waals surface area contributed by atoms with Gasteiger partial charge in [-0.05, 0) is 24.6 Å². The second-order valence-electron chi connectivity index (χ2n) is 4.91. The third kappa shape index (κ3) is 6.12. The molecule has 0 aromatic heterocycles. The van der Waals surface area contributed by atoms with Crippen molar-refractivity contribution < 1.29 is 27.1 Å². The molecule has 1 aromatic carbocycles. The fourth-order valence-electron chi connectivity index (χ4n) is 1.54. The van der Waals surface area contributed by atoms with Gasteiger partial charge in [-0.2, -0.15) is 0 Å².